The zero-order valence-electron chi connectivity index (χ0n) is 10.6. The molecule has 1 heterocycles. The van der Waals surface area contributed by atoms with Gasteiger partial charge in [-0.15, -0.1) is 11.6 Å². The number of hydrogen-bond acceptors (Lipinski definition) is 4. The van der Waals surface area contributed by atoms with Crippen LogP contribution in [0.1, 0.15) is 27.7 Å². The van der Waals surface area contributed by atoms with Gasteiger partial charge in [0, 0.05) is 25.1 Å². The molecule has 1 N–H and O–H groups in total. The summed E-state index contributed by atoms with van der Waals surface area (Å²) < 4.78 is 0. The highest BCUT2D eigenvalue weighted by Gasteiger charge is 2.26. The van der Waals surface area contributed by atoms with Gasteiger partial charge in [0.15, 0.2) is 0 Å². The monoisotopic (exact) mass is 259 g/mol. The molecule has 0 bridgehead atoms. The van der Waals surface area contributed by atoms with Gasteiger partial charge in [-0.1, -0.05) is 0 Å². The normalized spacial score (nSPS) is 20.2. The van der Waals surface area contributed by atoms with Crippen molar-refractivity contribution in [1.29, 1.82) is 0 Å². The third-order valence-corrected chi connectivity index (χ3v) is 2.77. The van der Waals surface area contributed by atoms with E-state index in [1.165, 1.54) is 6.92 Å². The molecule has 5 nitrogen and oxygen atoms in total. The Kier molecular flexibility index (Phi) is 4.81. The van der Waals surface area contributed by atoms with Crippen LogP contribution in [-0.4, -0.2) is 35.0 Å². The van der Waals surface area contributed by atoms with E-state index in [-0.39, 0.29) is 11.9 Å². The molecule has 1 atom stereocenters. The van der Waals surface area contributed by atoms with Crippen LogP contribution in [0.3, 0.4) is 0 Å². The topological polar surface area (TPSA) is 53.9 Å². The average Bonchev–Trinajstić information content (AvgIpc) is 2.24. The third-order valence-electron chi connectivity index (χ3n) is 2.60. The summed E-state index contributed by atoms with van der Waals surface area (Å²) in [5, 5.41) is 0. The number of hydroxylamine groups is 1. The van der Waals surface area contributed by atoms with Crippen LogP contribution in [0.4, 0.5) is 0 Å². The molecule has 0 radical (unpaired) electrons. The van der Waals surface area contributed by atoms with Crippen molar-refractivity contribution in [2.24, 2.45) is 4.99 Å². The van der Waals surface area contributed by atoms with Gasteiger partial charge in [0.2, 0.25) is 11.8 Å². The number of hydrogen-bond donors (Lipinski definition) is 1. The number of nitrogens with zero attached hydrogens (tertiary/aromatic N) is 2. The van der Waals surface area contributed by atoms with Gasteiger partial charge in [-0.3, -0.25) is 9.79 Å². The number of aliphatic imine (C=N–C) groups is 1. The van der Waals surface area contributed by atoms with E-state index in [4.69, 9.17) is 16.4 Å². The number of carbonyl (C=O) groups excluding carboxylic acids is 1. The molecule has 1 unspecified atom stereocenters. The van der Waals surface area contributed by atoms with Crippen LogP contribution >= 0.6 is 11.6 Å². The van der Waals surface area contributed by atoms with Crippen molar-refractivity contribution in [1.82, 2.24) is 10.4 Å². The smallest absolute Gasteiger partial charge is 0.249 e. The van der Waals surface area contributed by atoms with E-state index in [9.17, 15) is 4.79 Å². The first-order valence-electron chi connectivity index (χ1n) is 5.49. The molecule has 0 aliphatic carbocycles. The number of alkyl halides is 1. The first kappa shape index (κ1) is 13.8. The number of carbonyl (C=O) groups is 1. The highest BCUT2D eigenvalue weighted by Crippen LogP contribution is 2.22. The lowest BCUT2D eigenvalue weighted by molar-refractivity contribution is -0.130. The fourth-order valence-electron chi connectivity index (χ4n) is 1.65. The Morgan fingerprint density at radius 2 is 2.24 bits per heavy atom. The number of amides is 1. The molecule has 0 aromatic carbocycles. The van der Waals surface area contributed by atoms with Gasteiger partial charge in [-0.25, -0.2) is 0 Å². The van der Waals surface area contributed by atoms with Crippen molar-refractivity contribution in [2.75, 3.05) is 12.4 Å². The summed E-state index contributed by atoms with van der Waals surface area (Å²) in [4.78, 5) is 22.5. The van der Waals surface area contributed by atoms with Crippen LogP contribution < -0.4 is 5.48 Å². The van der Waals surface area contributed by atoms with Gasteiger partial charge in [0.25, 0.3) is 0 Å². The Morgan fingerprint density at radius 3 is 2.76 bits per heavy atom. The molecule has 0 saturated carbocycles. The molecule has 0 spiro atoms. The first-order valence-corrected chi connectivity index (χ1v) is 6.03. The molecule has 0 aromatic rings. The maximum atomic E-state index is 10.9. The third kappa shape index (κ3) is 3.36. The number of allylic oxidation sites excluding steroid dienone is 1. The molecule has 1 aliphatic rings. The molecular formula is C11H18ClN3O2. The lowest BCUT2D eigenvalue weighted by Crippen LogP contribution is -2.43. The number of halogens is 1. The van der Waals surface area contributed by atoms with Gasteiger partial charge in [-0.05, 0) is 20.8 Å². The molecule has 0 saturated heterocycles. The van der Waals surface area contributed by atoms with Gasteiger partial charge < -0.3 is 9.74 Å². The summed E-state index contributed by atoms with van der Waals surface area (Å²) in [6, 6.07) is 0.112. The van der Waals surface area contributed by atoms with Crippen LogP contribution in [0.5, 0.6) is 0 Å². The van der Waals surface area contributed by atoms with Crippen molar-refractivity contribution in [3.8, 4) is 0 Å². The van der Waals surface area contributed by atoms with E-state index >= 15 is 0 Å². The first-order chi connectivity index (χ1) is 7.97. The van der Waals surface area contributed by atoms with Gasteiger partial charge >= 0.3 is 0 Å². The zero-order chi connectivity index (χ0) is 13.0. The molecule has 1 amide bonds. The quantitative estimate of drug-likeness (QED) is 0.617. The SMILES string of the molecule is CC(=O)NOC1=C(C)N=C(C)C(C)N1CCCl. The fourth-order valence-corrected chi connectivity index (χ4v) is 1.84. The largest absolute Gasteiger partial charge is 0.359 e. The molecule has 1 aliphatic heterocycles. The molecule has 6 heteroatoms. The standard InChI is InChI=1S/C11H18ClN3O2/c1-7-9(3)15(6-5-12)11(8(2)13-7)17-14-10(4)16/h9H,5-6H2,1-4H3,(H,14,16). The van der Waals surface area contributed by atoms with Gasteiger partial charge in [-0.2, -0.15) is 5.48 Å². The fraction of sp³-hybridized carbons (Fsp3) is 0.636. The van der Waals surface area contributed by atoms with E-state index in [0.717, 1.165) is 11.4 Å². The van der Waals surface area contributed by atoms with Crippen LogP contribution in [0, 0.1) is 0 Å². The van der Waals surface area contributed by atoms with E-state index < -0.39 is 0 Å². The minimum Gasteiger partial charge on any atom is -0.359 e. The zero-order valence-corrected chi connectivity index (χ0v) is 11.3. The van der Waals surface area contributed by atoms with Crippen molar-refractivity contribution < 1.29 is 9.63 Å². The molecule has 0 aromatic heterocycles. The van der Waals surface area contributed by atoms with Crippen molar-refractivity contribution in [2.45, 2.75) is 33.7 Å². The minimum atomic E-state index is -0.255. The maximum Gasteiger partial charge on any atom is 0.249 e. The minimum absolute atomic E-state index is 0.112. The average molecular weight is 260 g/mol. The van der Waals surface area contributed by atoms with Crippen LogP contribution in [-0.2, 0) is 9.63 Å². The van der Waals surface area contributed by atoms with Crippen molar-refractivity contribution in [3.05, 3.63) is 11.6 Å². The molecule has 96 valence electrons. The van der Waals surface area contributed by atoms with Crippen molar-refractivity contribution in [3.63, 3.8) is 0 Å². The Hall–Kier alpha value is -1.23. The Morgan fingerprint density at radius 1 is 1.59 bits per heavy atom. The summed E-state index contributed by atoms with van der Waals surface area (Å²) >= 11 is 5.78. The van der Waals surface area contributed by atoms with Crippen molar-refractivity contribution >= 4 is 23.2 Å². The van der Waals surface area contributed by atoms with Crippen LogP contribution in [0.2, 0.25) is 0 Å². The number of nitrogens with one attached hydrogen (secondary N) is 1. The predicted octanol–water partition coefficient (Wildman–Crippen LogP) is 1.65. The summed E-state index contributed by atoms with van der Waals surface area (Å²) in [5.41, 5.74) is 4.06. The Bertz CT molecular complexity index is 366. The molecule has 17 heavy (non-hydrogen) atoms. The second-order valence-corrected chi connectivity index (χ2v) is 4.34. The summed E-state index contributed by atoms with van der Waals surface area (Å²) in [7, 11) is 0. The van der Waals surface area contributed by atoms with E-state index in [1.807, 2.05) is 25.7 Å². The van der Waals surface area contributed by atoms with Crippen LogP contribution in [0.25, 0.3) is 0 Å². The second kappa shape index (κ2) is 5.91. The van der Waals surface area contributed by atoms with Crippen LogP contribution in [0.15, 0.2) is 16.6 Å². The highest BCUT2D eigenvalue weighted by atomic mass is 35.5. The highest BCUT2D eigenvalue weighted by molar-refractivity contribution is 6.18. The van der Waals surface area contributed by atoms with E-state index in [2.05, 4.69) is 10.5 Å². The van der Waals surface area contributed by atoms with Gasteiger partial charge in [0.05, 0.1) is 6.04 Å². The maximum absolute atomic E-state index is 10.9. The Labute approximate surface area is 106 Å². The predicted molar refractivity (Wildman–Crippen MR) is 67.6 cm³/mol. The van der Waals surface area contributed by atoms with E-state index in [0.29, 0.717) is 18.3 Å². The van der Waals surface area contributed by atoms with E-state index in [1.54, 1.807) is 0 Å². The summed E-state index contributed by atoms with van der Waals surface area (Å²) in [5.74, 6) is 0.784. The second-order valence-electron chi connectivity index (χ2n) is 3.96. The summed E-state index contributed by atoms with van der Waals surface area (Å²) in [6.45, 7) is 7.86. The van der Waals surface area contributed by atoms with Gasteiger partial charge in [0.1, 0.15) is 5.70 Å². The molecule has 0 fully saturated rings. The summed E-state index contributed by atoms with van der Waals surface area (Å²) in [6.07, 6.45) is 0. The lowest BCUT2D eigenvalue weighted by atomic mass is 10.1. The molecular weight excluding hydrogens is 242 g/mol. The lowest BCUT2D eigenvalue weighted by Gasteiger charge is -2.35. The Balaban J connectivity index is 2.91. The number of rotatable bonds is 4. The molecule has 1 rings (SSSR count).